The van der Waals surface area contributed by atoms with E-state index in [-0.39, 0.29) is 33.5 Å². The van der Waals surface area contributed by atoms with Crippen LogP contribution in [0, 0.1) is 5.82 Å². The summed E-state index contributed by atoms with van der Waals surface area (Å²) in [5.41, 5.74) is 2.90. The first-order valence-corrected chi connectivity index (χ1v) is 12.4. The number of pyridine rings is 1. The summed E-state index contributed by atoms with van der Waals surface area (Å²) >= 11 is 5.89. The zero-order chi connectivity index (χ0) is 25.8. The molecule has 2 aliphatic rings. The van der Waals surface area contributed by atoms with Gasteiger partial charge in [-0.2, -0.15) is 0 Å². The summed E-state index contributed by atoms with van der Waals surface area (Å²) in [4.78, 5) is 36.4. The molecule has 2 aromatic carbocycles. The van der Waals surface area contributed by atoms with Crippen molar-refractivity contribution < 1.29 is 14.3 Å². The smallest absolute Gasteiger partial charge is 0.356 e. The van der Waals surface area contributed by atoms with Gasteiger partial charge < -0.3 is 15.3 Å². The molecule has 6 rings (SSSR count). The van der Waals surface area contributed by atoms with E-state index in [2.05, 4.69) is 27.3 Å². The molecule has 37 heavy (non-hydrogen) atoms. The molecule has 0 unspecified atom stereocenters. The highest BCUT2D eigenvalue weighted by molar-refractivity contribution is 6.29. The van der Waals surface area contributed by atoms with Gasteiger partial charge in [-0.25, -0.2) is 19.2 Å². The number of halogens is 2. The highest BCUT2D eigenvalue weighted by Crippen LogP contribution is 2.39. The molecule has 2 aromatic heterocycles. The zero-order valence-corrected chi connectivity index (χ0v) is 20.7. The first-order valence-electron chi connectivity index (χ1n) is 12.0. The van der Waals surface area contributed by atoms with Crippen LogP contribution >= 0.6 is 11.6 Å². The van der Waals surface area contributed by atoms with E-state index in [1.807, 2.05) is 12.1 Å². The average molecular weight is 520 g/mol. The lowest BCUT2D eigenvalue weighted by molar-refractivity contribution is 0.0691. The van der Waals surface area contributed by atoms with Crippen LogP contribution in [0.2, 0.25) is 5.15 Å². The van der Waals surface area contributed by atoms with Gasteiger partial charge in [-0.05, 0) is 55.2 Å². The Hall–Kier alpha value is -3.98. The van der Waals surface area contributed by atoms with Gasteiger partial charge in [-0.15, -0.1) is 0 Å². The number of hydrogen-bond donors (Lipinski definition) is 2. The Balaban J connectivity index is 1.48. The van der Waals surface area contributed by atoms with Crippen molar-refractivity contribution in [1.29, 1.82) is 0 Å². The van der Waals surface area contributed by atoms with Crippen LogP contribution in [0.3, 0.4) is 0 Å². The predicted molar refractivity (Wildman–Crippen MR) is 139 cm³/mol. The molecular weight excluding hydrogens is 497 g/mol. The monoisotopic (exact) mass is 519 g/mol. The fraction of sp³-hybridized carbons (Fsp3) is 0.259. The molecule has 3 heterocycles. The van der Waals surface area contributed by atoms with Gasteiger partial charge in [0.05, 0.1) is 22.6 Å². The lowest BCUT2D eigenvalue weighted by atomic mass is 10.0. The van der Waals surface area contributed by atoms with Crippen molar-refractivity contribution in [3.05, 3.63) is 92.2 Å². The molecule has 0 saturated heterocycles. The van der Waals surface area contributed by atoms with Crippen molar-refractivity contribution in [2.75, 3.05) is 10.2 Å². The number of hydrogen-bond acceptors (Lipinski definition) is 6. The number of nitrogens with one attached hydrogen (secondary N) is 1. The van der Waals surface area contributed by atoms with Crippen LogP contribution in [-0.4, -0.2) is 25.6 Å². The van der Waals surface area contributed by atoms with E-state index in [0.29, 0.717) is 30.1 Å². The summed E-state index contributed by atoms with van der Waals surface area (Å²) in [6.45, 7) is 3.01. The fourth-order valence-electron chi connectivity index (χ4n) is 5.00. The molecule has 188 valence electrons. The van der Waals surface area contributed by atoms with Gasteiger partial charge in [-0.3, -0.25) is 9.36 Å². The second kappa shape index (κ2) is 8.85. The third kappa shape index (κ3) is 4.19. The van der Waals surface area contributed by atoms with E-state index >= 15 is 0 Å². The van der Waals surface area contributed by atoms with E-state index < -0.39 is 17.8 Å². The second-order valence-corrected chi connectivity index (χ2v) is 9.92. The zero-order valence-electron chi connectivity index (χ0n) is 19.9. The fourth-order valence-corrected chi connectivity index (χ4v) is 5.15. The summed E-state index contributed by atoms with van der Waals surface area (Å²) in [6, 6.07) is 13.1. The maximum absolute atomic E-state index is 14.8. The number of benzene rings is 2. The number of rotatable bonds is 6. The first kappa shape index (κ1) is 23.4. The highest BCUT2D eigenvalue weighted by atomic mass is 35.5. The van der Waals surface area contributed by atoms with Crippen LogP contribution in [0.25, 0.3) is 10.9 Å². The lowest BCUT2D eigenvalue weighted by Gasteiger charge is -2.24. The molecule has 0 spiro atoms. The maximum Gasteiger partial charge on any atom is 0.356 e. The quantitative estimate of drug-likeness (QED) is 0.333. The van der Waals surface area contributed by atoms with E-state index in [0.717, 1.165) is 12.8 Å². The predicted octanol–water partition coefficient (Wildman–Crippen LogP) is 5.31. The topological polar surface area (TPSA) is 100 Å². The molecule has 1 atom stereocenters. The molecule has 1 saturated carbocycles. The van der Waals surface area contributed by atoms with E-state index in [4.69, 9.17) is 16.6 Å². The standard InChI is InChI=1S/C27H23ClFN5O3/c1-14(30-21-8-9-22(28)31-24(21)26(36)37)19-10-17(29)11-20-23(19)32-27(34(25(20)35)18-6-7-18)33-12-15-4-2-3-5-16(15)13-33/h2-5,8-11,14,18,30H,6-7,12-13H2,1H3,(H,36,37)/t14-/m1/s1. The van der Waals surface area contributed by atoms with Gasteiger partial charge in [-0.1, -0.05) is 35.9 Å². The molecule has 0 bridgehead atoms. The van der Waals surface area contributed by atoms with Crippen LogP contribution in [0.1, 0.15) is 59.0 Å². The molecule has 0 radical (unpaired) electrons. The molecule has 8 nitrogen and oxygen atoms in total. The van der Waals surface area contributed by atoms with Crippen LogP contribution in [-0.2, 0) is 13.1 Å². The number of aromatic carboxylic acids is 1. The minimum Gasteiger partial charge on any atom is -0.476 e. The largest absolute Gasteiger partial charge is 0.476 e. The third-order valence-corrected chi connectivity index (χ3v) is 7.13. The van der Waals surface area contributed by atoms with Crippen molar-refractivity contribution in [3.8, 4) is 0 Å². The van der Waals surface area contributed by atoms with E-state index in [1.165, 1.54) is 35.4 Å². The van der Waals surface area contributed by atoms with Crippen molar-refractivity contribution >= 4 is 40.1 Å². The molecule has 1 fully saturated rings. The molecule has 1 aliphatic heterocycles. The Bertz CT molecular complexity index is 1610. The molecule has 4 aromatic rings. The number of anilines is 2. The van der Waals surface area contributed by atoms with Gasteiger partial charge in [0, 0.05) is 24.7 Å². The molecule has 0 amide bonds. The molecule has 10 heteroatoms. The van der Waals surface area contributed by atoms with Crippen LogP contribution in [0.4, 0.5) is 16.0 Å². The Labute approximate surface area is 216 Å². The molecule has 2 N–H and O–H groups in total. The number of fused-ring (bicyclic) bond motifs is 2. The molecular formula is C27H23ClFN5O3. The van der Waals surface area contributed by atoms with Crippen molar-refractivity contribution in [2.45, 2.75) is 44.9 Å². The Morgan fingerprint density at radius 3 is 2.49 bits per heavy atom. The summed E-state index contributed by atoms with van der Waals surface area (Å²) < 4.78 is 16.5. The number of carboxylic acids is 1. The average Bonchev–Trinajstić information content (AvgIpc) is 3.61. The first-order chi connectivity index (χ1) is 17.8. The summed E-state index contributed by atoms with van der Waals surface area (Å²) in [6.07, 6.45) is 1.76. The van der Waals surface area contributed by atoms with Gasteiger partial charge in [0.15, 0.2) is 5.69 Å². The highest BCUT2D eigenvalue weighted by Gasteiger charge is 2.33. The minimum absolute atomic E-state index is 0.0450. The molecule has 1 aliphatic carbocycles. The van der Waals surface area contributed by atoms with E-state index in [9.17, 15) is 19.1 Å². The minimum atomic E-state index is -1.25. The van der Waals surface area contributed by atoms with Gasteiger partial charge >= 0.3 is 5.97 Å². The van der Waals surface area contributed by atoms with Crippen molar-refractivity contribution in [1.82, 2.24) is 14.5 Å². The number of carbonyl (C=O) groups is 1. The van der Waals surface area contributed by atoms with Crippen LogP contribution in [0.15, 0.2) is 53.3 Å². The Morgan fingerprint density at radius 2 is 1.84 bits per heavy atom. The van der Waals surface area contributed by atoms with Gasteiger partial charge in [0.25, 0.3) is 5.56 Å². The van der Waals surface area contributed by atoms with Crippen LogP contribution < -0.4 is 15.8 Å². The second-order valence-electron chi connectivity index (χ2n) is 9.54. The van der Waals surface area contributed by atoms with Crippen molar-refractivity contribution in [3.63, 3.8) is 0 Å². The van der Waals surface area contributed by atoms with Crippen molar-refractivity contribution in [2.24, 2.45) is 0 Å². The Kier molecular flexibility index (Phi) is 5.60. The SMILES string of the molecule is C[C@@H](Nc1ccc(Cl)nc1C(=O)O)c1cc(F)cc2c(=O)n(C3CC3)c(N3Cc4ccccc4C3)nc12. The van der Waals surface area contributed by atoms with Gasteiger partial charge in [0.2, 0.25) is 5.95 Å². The van der Waals surface area contributed by atoms with E-state index in [1.54, 1.807) is 11.5 Å². The number of nitrogens with zero attached hydrogens (tertiary/aromatic N) is 4. The normalized spacial score (nSPS) is 15.6. The van der Waals surface area contributed by atoms with Gasteiger partial charge in [0.1, 0.15) is 11.0 Å². The number of aromatic nitrogens is 3. The maximum atomic E-state index is 14.8. The number of carboxylic acid groups (broad SMARTS) is 1. The van der Waals surface area contributed by atoms with Crippen LogP contribution in [0.5, 0.6) is 0 Å². The summed E-state index contributed by atoms with van der Waals surface area (Å²) in [5, 5.41) is 12.9. The Morgan fingerprint density at radius 1 is 1.14 bits per heavy atom. The third-order valence-electron chi connectivity index (χ3n) is 6.92. The summed E-state index contributed by atoms with van der Waals surface area (Å²) in [5.74, 6) is -1.25. The lowest BCUT2D eigenvalue weighted by Crippen LogP contribution is -2.30. The summed E-state index contributed by atoms with van der Waals surface area (Å²) in [7, 11) is 0.